The van der Waals surface area contributed by atoms with Crippen LogP contribution in [0.1, 0.15) is 37.8 Å². The van der Waals surface area contributed by atoms with Gasteiger partial charge in [0.05, 0.1) is 0 Å². The molecule has 0 aliphatic heterocycles. The summed E-state index contributed by atoms with van der Waals surface area (Å²) in [4.78, 5) is 0. The van der Waals surface area contributed by atoms with Gasteiger partial charge >= 0.3 is 0 Å². The number of hydrogen-bond acceptors (Lipinski definition) is 1. The Morgan fingerprint density at radius 2 is 2.14 bits per heavy atom. The van der Waals surface area contributed by atoms with Crippen LogP contribution in [-0.4, -0.2) is 0 Å². The van der Waals surface area contributed by atoms with Gasteiger partial charge in [-0.15, -0.1) is 12.4 Å². The molecule has 0 aliphatic rings. The molecule has 1 atom stereocenters. The zero-order valence-corrected chi connectivity index (χ0v) is 11.3. The first-order valence-corrected chi connectivity index (χ1v) is 5.83. The van der Waals surface area contributed by atoms with Crippen molar-refractivity contribution in [1.29, 1.82) is 0 Å². The van der Waals surface area contributed by atoms with Gasteiger partial charge < -0.3 is 5.73 Å². The molecule has 0 aliphatic carbocycles. The molecule has 1 aromatic carbocycles. The van der Waals surface area contributed by atoms with Crippen LogP contribution in [-0.2, 0) is 0 Å². The van der Waals surface area contributed by atoms with E-state index in [1.165, 1.54) is 22.0 Å². The van der Waals surface area contributed by atoms with Crippen LogP contribution < -0.4 is 5.73 Å². The van der Waals surface area contributed by atoms with Gasteiger partial charge in [0.15, 0.2) is 0 Å². The molecule has 14 heavy (non-hydrogen) atoms. The van der Waals surface area contributed by atoms with E-state index >= 15 is 0 Å². The highest BCUT2D eigenvalue weighted by atomic mass is 127. The SMILES string of the molecule is CCCC[C@@H](N)c1cccc(I)c1.Cl. The van der Waals surface area contributed by atoms with Gasteiger partial charge in [-0.25, -0.2) is 0 Å². The van der Waals surface area contributed by atoms with Gasteiger partial charge in [0, 0.05) is 9.61 Å². The van der Waals surface area contributed by atoms with Crippen LogP contribution >= 0.6 is 35.0 Å². The number of unbranched alkanes of at least 4 members (excludes halogenated alkanes) is 1. The minimum absolute atomic E-state index is 0. The predicted octanol–water partition coefficient (Wildman–Crippen LogP) is 3.90. The van der Waals surface area contributed by atoms with E-state index in [0.717, 1.165) is 6.42 Å². The van der Waals surface area contributed by atoms with E-state index in [4.69, 9.17) is 5.73 Å². The first kappa shape index (κ1) is 14.2. The molecule has 0 bridgehead atoms. The van der Waals surface area contributed by atoms with Crippen LogP contribution in [0.4, 0.5) is 0 Å². The standard InChI is InChI=1S/C11H16IN.ClH/c1-2-3-7-11(13)9-5-4-6-10(12)8-9;/h4-6,8,11H,2-3,7,13H2,1H3;1H/t11-;/m1./s1. The van der Waals surface area contributed by atoms with Crippen LogP contribution in [0.5, 0.6) is 0 Å². The third-order valence-corrected chi connectivity index (χ3v) is 2.82. The first-order valence-electron chi connectivity index (χ1n) is 4.75. The summed E-state index contributed by atoms with van der Waals surface area (Å²) in [5, 5.41) is 0. The van der Waals surface area contributed by atoms with E-state index in [2.05, 4.69) is 53.8 Å². The molecule has 1 aromatic rings. The molecule has 1 nitrogen and oxygen atoms in total. The summed E-state index contributed by atoms with van der Waals surface area (Å²) in [5.41, 5.74) is 7.31. The van der Waals surface area contributed by atoms with Gasteiger partial charge in [0.1, 0.15) is 0 Å². The Balaban J connectivity index is 0.00000169. The highest BCUT2D eigenvalue weighted by molar-refractivity contribution is 14.1. The third kappa shape index (κ3) is 4.62. The van der Waals surface area contributed by atoms with Crippen molar-refractivity contribution in [3.05, 3.63) is 33.4 Å². The molecule has 0 aromatic heterocycles. The molecule has 3 heteroatoms. The fourth-order valence-electron chi connectivity index (χ4n) is 1.33. The first-order chi connectivity index (χ1) is 6.24. The number of benzene rings is 1. The average molecular weight is 326 g/mol. The molecular weight excluding hydrogens is 308 g/mol. The number of hydrogen-bond donors (Lipinski definition) is 1. The van der Waals surface area contributed by atoms with E-state index in [1.807, 2.05) is 0 Å². The van der Waals surface area contributed by atoms with E-state index in [1.54, 1.807) is 0 Å². The van der Waals surface area contributed by atoms with E-state index in [-0.39, 0.29) is 18.4 Å². The zero-order chi connectivity index (χ0) is 9.68. The van der Waals surface area contributed by atoms with Crippen molar-refractivity contribution < 1.29 is 0 Å². The van der Waals surface area contributed by atoms with Crippen LogP contribution in [0.25, 0.3) is 0 Å². The highest BCUT2D eigenvalue weighted by Gasteiger charge is 2.04. The van der Waals surface area contributed by atoms with Gasteiger partial charge in [-0.2, -0.15) is 0 Å². The third-order valence-electron chi connectivity index (χ3n) is 2.15. The predicted molar refractivity (Wildman–Crippen MR) is 72.9 cm³/mol. The van der Waals surface area contributed by atoms with Crippen molar-refractivity contribution in [3.63, 3.8) is 0 Å². The fraction of sp³-hybridized carbons (Fsp3) is 0.455. The van der Waals surface area contributed by atoms with Crippen molar-refractivity contribution in [2.75, 3.05) is 0 Å². The van der Waals surface area contributed by atoms with Crippen molar-refractivity contribution >= 4 is 35.0 Å². The second-order valence-electron chi connectivity index (χ2n) is 3.30. The molecule has 0 heterocycles. The normalized spacial score (nSPS) is 11.9. The Kier molecular flexibility index (Phi) is 7.59. The Labute approximate surface area is 106 Å². The maximum atomic E-state index is 6.05. The zero-order valence-electron chi connectivity index (χ0n) is 8.37. The summed E-state index contributed by atoms with van der Waals surface area (Å²) < 4.78 is 1.27. The lowest BCUT2D eigenvalue weighted by Gasteiger charge is -2.11. The van der Waals surface area contributed by atoms with E-state index in [0.29, 0.717) is 0 Å². The quantitative estimate of drug-likeness (QED) is 0.835. The summed E-state index contributed by atoms with van der Waals surface area (Å²) in [6.07, 6.45) is 3.53. The summed E-state index contributed by atoms with van der Waals surface area (Å²) in [5.74, 6) is 0. The summed E-state index contributed by atoms with van der Waals surface area (Å²) in [6, 6.07) is 8.66. The average Bonchev–Trinajstić information content (AvgIpc) is 2.14. The van der Waals surface area contributed by atoms with Gasteiger partial charge in [-0.05, 0) is 46.7 Å². The van der Waals surface area contributed by atoms with Crippen molar-refractivity contribution in [2.45, 2.75) is 32.2 Å². The van der Waals surface area contributed by atoms with Gasteiger partial charge in [0.25, 0.3) is 0 Å². The number of halogens is 2. The Hall–Kier alpha value is 0.200. The van der Waals surface area contributed by atoms with Crippen LogP contribution in [0.15, 0.2) is 24.3 Å². The van der Waals surface area contributed by atoms with E-state index in [9.17, 15) is 0 Å². The topological polar surface area (TPSA) is 26.0 Å². The second kappa shape index (κ2) is 7.49. The minimum atomic E-state index is 0. The Bertz CT molecular complexity index is 265. The maximum absolute atomic E-state index is 6.05. The van der Waals surface area contributed by atoms with Gasteiger partial charge in [0.2, 0.25) is 0 Å². The molecule has 0 unspecified atom stereocenters. The lowest BCUT2D eigenvalue weighted by atomic mass is 10.0. The molecular formula is C11H17ClIN. The number of rotatable bonds is 4. The second-order valence-corrected chi connectivity index (χ2v) is 4.55. The van der Waals surface area contributed by atoms with Crippen molar-refractivity contribution in [3.8, 4) is 0 Å². The molecule has 0 amide bonds. The molecule has 0 spiro atoms. The Morgan fingerprint density at radius 1 is 1.43 bits per heavy atom. The van der Waals surface area contributed by atoms with Gasteiger partial charge in [-0.1, -0.05) is 31.9 Å². The molecule has 1 rings (SSSR count). The van der Waals surface area contributed by atoms with Crippen LogP contribution in [0, 0.1) is 3.57 Å². The molecule has 0 radical (unpaired) electrons. The molecule has 0 fully saturated rings. The monoisotopic (exact) mass is 325 g/mol. The van der Waals surface area contributed by atoms with Crippen LogP contribution in [0.2, 0.25) is 0 Å². The van der Waals surface area contributed by atoms with Crippen molar-refractivity contribution in [2.24, 2.45) is 5.73 Å². The highest BCUT2D eigenvalue weighted by Crippen LogP contribution is 2.18. The maximum Gasteiger partial charge on any atom is 0.0295 e. The van der Waals surface area contributed by atoms with Gasteiger partial charge in [-0.3, -0.25) is 0 Å². The lowest BCUT2D eigenvalue weighted by molar-refractivity contribution is 0.603. The minimum Gasteiger partial charge on any atom is -0.324 e. The largest absolute Gasteiger partial charge is 0.324 e. The lowest BCUT2D eigenvalue weighted by Crippen LogP contribution is -2.09. The van der Waals surface area contributed by atoms with Crippen molar-refractivity contribution in [1.82, 2.24) is 0 Å². The summed E-state index contributed by atoms with van der Waals surface area (Å²) in [6.45, 7) is 2.20. The van der Waals surface area contributed by atoms with Crippen LogP contribution in [0.3, 0.4) is 0 Å². The smallest absolute Gasteiger partial charge is 0.0295 e. The van der Waals surface area contributed by atoms with E-state index < -0.39 is 0 Å². The summed E-state index contributed by atoms with van der Waals surface area (Å²) in [7, 11) is 0. The molecule has 0 saturated heterocycles. The summed E-state index contributed by atoms with van der Waals surface area (Å²) >= 11 is 2.32. The molecule has 0 saturated carbocycles. The Morgan fingerprint density at radius 3 is 2.71 bits per heavy atom. The molecule has 2 N–H and O–H groups in total. The fourth-order valence-corrected chi connectivity index (χ4v) is 1.90. The molecule has 80 valence electrons. The number of nitrogens with two attached hydrogens (primary N) is 1.